The summed E-state index contributed by atoms with van der Waals surface area (Å²) < 4.78 is 17.6. The van der Waals surface area contributed by atoms with Crippen molar-refractivity contribution < 1.29 is 19.0 Å². The van der Waals surface area contributed by atoms with Gasteiger partial charge < -0.3 is 24.0 Å². The quantitative estimate of drug-likeness (QED) is 0.735. The molecular formula is C26H30N2O4. The Labute approximate surface area is 189 Å². The number of anilines is 1. The monoisotopic (exact) mass is 434 g/mol. The number of hydrogen-bond acceptors (Lipinski definition) is 5. The van der Waals surface area contributed by atoms with Gasteiger partial charge in [0.25, 0.3) is 5.91 Å². The minimum atomic E-state index is -1.09. The third-order valence-electron chi connectivity index (χ3n) is 7.61. The highest BCUT2D eigenvalue weighted by Crippen LogP contribution is 2.52. The highest BCUT2D eigenvalue weighted by atomic mass is 16.7. The largest absolute Gasteiger partial charge is 0.454 e. The van der Waals surface area contributed by atoms with Crippen LogP contribution < -0.4 is 14.4 Å². The molecule has 1 unspecified atom stereocenters. The minimum Gasteiger partial charge on any atom is -0.454 e. The maximum absolute atomic E-state index is 14.2. The van der Waals surface area contributed by atoms with E-state index >= 15 is 0 Å². The molecule has 32 heavy (non-hydrogen) atoms. The molecule has 1 amide bonds. The fraction of sp³-hybridized carbons (Fsp3) is 0.500. The highest BCUT2D eigenvalue weighted by Gasteiger charge is 2.56. The molecule has 6 rings (SSSR count). The summed E-state index contributed by atoms with van der Waals surface area (Å²) in [7, 11) is 0. The van der Waals surface area contributed by atoms with Gasteiger partial charge in [0.15, 0.2) is 17.1 Å². The Hall–Kier alpha value is -2.57. The molecule has 6 heteroatoms. The van der Waals surface area contributed by atoms with Crippen LogP contribution in [0.15, 0.2) is 36.4 Å². The number of hydrogen-bond donors (Lipinski definition) is 0. The summed E-state index contributed by atoms with van der Waals surface area (Å²) in [5.74, 6) is 1.93. The highest BCUT2D eigenvalue weighted by molar-refractivity contribution is 6.10. The molecule has 2 aromatic rings. The van der Waals surface area contributed by atoms with Crippen LogP contribution >= 0.6 is 0 Å². The van der Waals surface area contributed by atoms with Crippen LogP contribution in [0.25, 0.3) is 0 Å². The SMILES string of the molecule is CC(C)N1CCC(CN2C(=O)C3(c4ccc5c(c4)OCO5)OCCc4cccc2c43)CC1. The van der Waals surface area contributed by atoms with E-state index in [-0.39, 0.29) is 12.7 Å². The molecule has 0 saturated carbocycles. The van der Waals surface area contributed by atoms with Crippen molar-refractivity contribution in [2.45, 2.75) is 44.8 Å². The molecule has 0 aliphatic carbocycles. The maximum Gasteiger partial charge on any atom is 0.268 e. The molecule has 1 saturated heterocycles. The number of amides is 1. The lowest BCUT2D eigenvalue weighted by molar-refractivity contribution is -0.139. The summed E-state index contributed by atoms with van der Waals surface area (Å²) in [4.78, 5) is 18.7. The number of benzene rings is 2. The van der Waals surface area contributed by atoms with E-state index in [4.69, 9.17) is 14.2 Å². The number of ether oxygens (including phenoxy) is 3. The van der Waals surface area contributed by atoms with Crippen molar-refractivity contribution >= 4 is 11.6 Å². The third-order valence-corrected chi connectivity index (χ3v) is 7.61. The maximum atomic E-state index is 14.2. The lowest BCUT2D eigenvalue weighted by Crippen LogP contribution is -2.48. The van der Waals surface area contributed by atoms with Crippen LogP contribution in [0.1, 0.15) is 43.4 Å². The van der Waals surface area contributed by atoms with Crippen molar-refractivity contribution in [1.29, 1.82) is 0 Å². The Morgan fingerprint density at radius 1 is 1.09 bits per heavy atom. The Kier molecular flexibility index (Phi) is 4.70. The summed E-state index contributed by atoms with van der Waals surface area (Å²) in [6, 6.07) is 12.7. The van der Waals surface area contributed by atoms with E-state index in [0.29, 0.717) is 30.1 Å². The van der Waals surface area contributed by atoms with Gasteiger partial charge in [0, 0.05) is 23.7 Å². The van der Waals surface area contributed by atoms with Gasteiger partial charge in [-0.05, 0) is 75.9 Å². The molecule has 0 aromatic heterocycles. The fourth-order valence-electron chi connectivity index (χ4n) is 5.84. The van der Waals surface area contributed by atoms with Gasteiger partial charge in [-0.25, -0.2) is 0 Å². The van der Waals surface area contributed by atoms with Gasteiger partial charge in [-0.15, -0.1) is 0 Å². The smallest absolute Gasteiger partial charge is 0.268 e. The second-order valence-electron chi connectivity index (χ2n) is 9.65. The number of carbonyl (C=O) groups excluding carboxylic acids is 1. The van der Waals surface area contributed by atoms with Gasteiger partial charge in [0.2, 0.25) is 6.79 Å². The summed E-state index contributed by atoms with van der Waals surface area (Å²) in [5, 5.41) is 0. The second-order valence-corrected chi connectivity index (χ2v) is 9.65. The summed E-state index contributed by atoms with van der Waals surface area (Å²) in [6.45, 7) is 8.20. The summed E-state index contributed by atoms with van der Waals surface area (Å²) in [5.41, 5.74) is 2.98. The van der Waals surface area contributed by atoms with Crippen molar-refractivity contribution in [3.63, 3.8) is 0 Å². The first kappa shape index (κ1) is 20.1. The average Bonchev–Trinajstić information content (AvgIpc) is 3.38. The zero-order chi connectivity index (χ0) is 21.9. The molecule has 6 nitrogen and oxygen atoms in total. The topological polar surface area (TPSA) is 51.2 Å². The number of carbonyl (C=O) groups is 1. The Bertz CT molecular complexity index is 1060. The first-order valence-corrected chi connectivity index (χ1v) is 11.8. The molecule has 2 aromatic carbocycles. The number of fused-ring (bicyclic) bond motifs is 1. The molecule has 1 atom stereocenters. The van der Waals surface area contributed by atoms with Crippen LogP contribution in [0, 0.1) is 5.92 Å². The van der Waals surface area contributed by atoms with Crippen molar-refractivity contribution in [2.75, 3.05) is 37.9 Å². The molecule has 1 fully saturated rings. The van der Waals surface area contributed by atoms with Gasteiger partial charge in [-0.3, -0.25) is 4.79 Å². The van der Waals surface area contributed by atoms with E-state index in [2.05, 4.69) is 36.9 Å². The summed E-state index contributed by atoms with van der Waals surface area (Å²) in [6.07, 6.45) is 3.06. The fourth-order valence-corrected chi connectivity index (χ4v) is 5.84. The van der Waals surface area contributed by atoms with Crippen LogP contribution in [0.4, 0.5) is 5.69 Å². The van der Waals surface area contributed by atoms with Gasteiger partial charge in [-0.1, -0.05) is 18.2 Å². The van der Waals surface area contributed by atoms with E-state index in [0.717, 1.165) is 55.7 Å². The van der Waals surface area contributed by atoms with Crippen LogP contribution in [0.3, 0.4) is 0 Å². The van der Waals surface area contributed by atoms with Crippen molar-refractivity contribution in [1.82, 2.24) is 4.90 Å². The number of nitrogens with zero attached hydrogens (tertiary/aromatic N) is 2. The van der Waals surface area contributed by atoms with E-state index in [1.54, 1.807) is 0 Å². The van der Waals surface area contributed by atoms with E-state index in [9.17, 15) is 4.79 Å². The lowest BCUT2D eigenvalue weighted by Gasteiger charge is -2.37. The van der Waals surface area contributed by atoms with Crippen LogP contribution in [0.5, 0.6) is 11.5 Å². The predicted octanol–water partition coefficient (Wildman–Crippen LogP) is 3.70. The third kappa shape index (κ3) is 2.89. The van der Waals surface area contributed by atoms with Crippen molar-refractivity contribution in [3.8, 4) is 11.5 Å². The molecular weight excluding hydrogens is 404 g/mol. The summed E-state index contributed by atoms with van der Waals surface area (Å²) >= 11 is 0. The van der Waals surface area contributed by atoms with Gasteiger partial charge in [0.1, 0.15) is 0 Å². The molecule has 168 valence electrons. The van der Waals surface area contributed by atoms with E-state index in [1.165, 1.54) is 5.56 Å². The first-order chi connectivity index (χ1) is 15.6. The molecule has 0 radical (unpaired) electrons. The Morgan fingerprint density at radius 3 is 2.72 bits per heavy atom. The molecule has 4 aliphatic heterocycles. The predicted molar refractivity (Wildman–Crippen MR) is 121 cm³/mol. The first-order valence-electron chi connectivity index (χ1n) is 11.8. The Balaban J connectivity index is 1.38. The van der Waals surface area contributed by atoms with E-state index in [1.807, 2.05) is 23.1 Å². The molecule has 0 N–H and O–H groups in total. The second kappa shape index (κ2) is 7.49. The van der Waals surface area contributed by atoms with Crippen LogP contribution in [-0.2, 0) is 21.6 Å². The van der Waals surface area contributed by atoms with Crippen molar-refractivity contribution in [3.05, 3.63) is 53.1 Å². The zero-order valence-electron chi connectivity index (χ0n) is 18.8. The average molecular weight is 435 g/mol. The molecule has 0 bridgehead atoms. The van der Waals surface area contributed by atoms with Crippen LogP contribution in [0.2, 0.25) is 0 Å². The van der Waals surface area contributed by atoms with Crippen LogP contribution in [-0.4, -0.2) is 49.9 Å². The molecule has 0 spiro atoms. The standard InChI is InChI=1S/C26H30N2O4/c1-17(2)27-11-8-18(9-12-27)15-28-21-5-3-4-19-10-13-32-26(24(19)21,25(28)29)20-6-7-22-23(14-20)31-16-30-22/h3-7,14,17-18H,8-13,15-16H2,1-2H3. The van der Waals surface area contributed by atoms with E-state index < -0.39 is 5.60 Å². The van der Waals surface area contributed by atoms with Crippen molar-refractivity contribution in [2.24, 2.45) is 5.92 Å². The lowest BCUT2D eigenvalue weighted by atomic mass is 9.82. The number of rotatable bonds is 4. The zero-order valence-corrected chi connectivity index (χ0v) is 18.8. The van der Waals surface area contributed by atoms with Gasteiger partial charge >= 0.3 is 0 Å². The normalized spacial score (nSPS) is 25.0. The number of likely N-dealkylation sites (tertiary alicyclic amines) is 1. The molecule has 4 heterocycles. The number of piperidine rings is 1. The van der Waals surface area contributed by atoms with Gasteiger partial charge in [-0.2, -0.15) is 0 Å². The Morgan fingerprint density at radius 2 is 1.91 bits per heavy atom. The van der Waals surface area contributed by atoms with Gasteiger partial charge in [0.05, 0.1) is 12.3 Å². The molecule has 4 aliphatic rings. The minimum absolute atomic E-state index is 0.0322.